The van der Waals surface area contributed by atoms with Crippen molar-refractivity contribution < 1.29 is 24.2 Å². The van der Waals surface area contributed by atoms with Crippen LogP contribution in [0.15, 0.2) is 98.1 Å². The monoisotopic (exact) mass is 621 g/mol. The minimum atomic E-state index is -1.15. The highest BCUT2D eigenvalue weighted by atomic mass is 16.5. The second-order valence-electron chi connectivity index (χ2n) is 12.9. The van der Waals surface area contributed by atoms with Gasteiger partial charge in [-0.3, -0.25) is 14.4 Å². The molecular weight excluding hydrogens is 578 g/mol. The van der Waals surface area contributed by atoms with E-state index in [-0.39, 0.29) is 37.4 Å². The van der Waals surface area contributed by atoms with Crippen LogP contribution in [0.5, 0.6) is 0 Å². The highest BCUT2D eigenvalue weighted by Gasteiger charge is 2.78. The maximum Gasteiger partial charge on any atom is 0.253 e. The minimum Gasteiger partial charge on any atom is -0.396 e. The largest absolute Gasteiger partial charge is 0.396 e. The van der Waals surface area contributed by atoms with E-state index < -0.39 is 29.1 Å². The van der Waals surface area contributed by atoms with Crippen molar-refractivity contribution in [2.75, 3.05) is 36.0 Å². The van der Waals surface area contributed by atoms with Crippen LogP contribution >= 0.6 is 0 Å². The van der Waals surface area contributed by atoms with Gasteiger partial charge in [-0.2, -0.15) is 0 Å². The van der Waals surface area contributed by atoms with Crippen LogP contribution in [-0.4, -0.2) is 71.2 Å². The van der Waals surface area contributed by atoms with Crippen LogP contribution in [0.2, 0.25) is 0 Å². The zero-order chi connectivity index (χ0) is 32.5. The molecule has 0 saturated carbocycles. The number of hydrogen-bond donors (Lipinski definition) is 1. The van der Waals surface area contributed by atoms with Crippen LogP contribution in [0.3, 0.4) is 0 Å². The molecular formula is C38H43N3O5. The lowest BCUT2D eigenvalue weighted by atomic mass is 9.66. The molecule has 0 radical (unpaired) electrons. The molecule has 2 bridgehead atoms. The van der Waals surface area contributed by atoms with Gasteiger partial charge >= 0.3 is 0 Å². The molecule has 6 rings (SSSR count). The number of fused-ring (bicyclic) bond motifs is 2. The molecule has 46 heavy (non-hydrogen) atoms. The number of aliphatic hydroxyl groups is 1. The number of benzene rings is 3. The lowest BCUT2D eigenvalue weighted by Crippen LogP contribution is -2.56. The van der Waals surface area contributed by atoms with E-state index in [1.807, 2.05) is 79.7 Å². The smallest absolute Gasteiger partial charge is 0.253 e. The molecule has 8 heteroatoms. The standard InChI is InChI=1S/C38H43N3O5/c1-4-22-39(29-16-8-6-9-17-29)34(43)31-32-35(44)41(24-12-7-13-25-42)33(38(32)21-20-37(31,3)46-38)36(45)40(23-5-2)30-19-18-27-14-10-11-15-28(27)26-30/h4-6,8-11,14-19,26,31-33,42H,1-2,7,12-13,20-25H2,3H3/t31-,32-,33?,37+,38?/m0/s1. The van der Waals surface area contributed by atoms with Crippen LogP contribution in [-0.2, 0) is 19.1 Å². The van der Waals surface area contributed by atoms with Crippen LogP contribution < -0.4 is 9.80 Å². The molecule has 3 aromatic rings. The summed E-state index contributed by atoms with van der Waals surface area (Å²) in [5.41, 5.74) is -0.615. The summed E-state index contributed by atoms with van der Waals surface area (Å²) in [5.74, 6) is -2.22. The Labute approximate surface area is 270 Å². The summed E-state index contributed by atoms with van der Waals surface area (Å²) in [6.07, 6.45) is 6.38. The highest BCUT2D eigenvalue weighted by Crippen LogP contribution is 2.63. The van der Waals surface area contributed by atoms with Gasteiger partial charge in [0.15, 0.2) is 0 Å². The van der Waals surface area contributed by atoms with E-state index >= 15 is 0 Å². The number of amides is 3. The predicted molar refractivity (Wildman–Crippen MR) is 180 cm³/mol. The molecule has 3 saturated heterocycles. The van der Waals surface area contributed by atoms with E-state index in [4.69, 9.17) is 4.74 Å². The molecule has 0 aliphatic carbocycles. The van der Waals surface area contributed by atoms with Gasteiger partial charge in [-0.25, -0.2) is 0 Å². The SMILES string of the molecule is C=CCN(C(=O)C1N(CCCCCO)C(=O)[C@@H]2[C@@H](C(=O)N(CC=C)c3ccccc3)[C@@]3(C)CCC12O3)c1ccc2ccccc2c1. The summed E-state index contributed by atoms with van der Waals surface area (Å²) >= 11 is 0. The Morgan fingerprint density at radius 2 is 1.57 bits per heavy atom. The fourth-order valence-corrected chi connectivity index (χ4v) is 8.06. The molecule has 3 aliphatic heterocycles. The summed E-state index contributed by atoms with van der Waals surface area (Å²) in [4.78, 5) is 49.2. The third kappa shape index (κ3) is 5.23. The quantitative estimate of drug-likeness (QED) is 0.201. The van der Waals surface area contributed by atoms with Gasteiger partial charge < -0.3 is 24.5 Å². The molecule has 2 unspecified atom stereocenters. The Kier molecular flexibility index (Phi) is 8.86. The first kappa shape index (κ1) is 31.7. The molecule has 3 amide bonds. The number of likely N-dealkylation sites (tertiary alicyclic amines) is 1. The van der Waals surface area contributed by atoms with Crippen molar-refractivity contribution in [2.45, 2.75) is 56.3 Å². The Morgan fingerprint density at radius 3 is 2.26 bits per heavy atom. The van der Waals surface area contributed by atoms with Crippen molar-refractivity contribution >= 4 is 39.9 Å². The number of carbonyl (C=O) groups is 3. The van der Waals surface area contributed by atoms with E-state index in [0.29, 0.717) is 44.3 Å². The average molecular weight is 622 g/mol. The molecule has 1 spiro atoms. The minimum absolute atomic E-state index is 0.0641. The fraction of sp³-hybridized carbons (Fsp3) is 0.395. The van der Waals surface area contributed by atoms with Crippen molar-refractivity contribution in [3.8, 4) is 0 Å². The van der Waals surface area contributed by atoms with Crippen molar-refractivity contribution in [3.63, 3.8) is 0 Å². The highest BCUT2D eigenvalue weighted by molar-refractivity contribution is 6.07. The summed E-state index contributed by atoms with van der Waals surface area (Å²) in [6.45, 7) is 10.7. The first-order chi connectivity index (χ1) is 22.3. The van der Waals surface area contributed by atoms with Crippen molar-refractivity contribution in [1.82, 2.24) is 4.90 Å². The fourth-order valence-electron chi connectivity index (χ4n) is 8.06. The van der Waals surface area contributed by atoms with Gasteiger partial charge in [0, 0.05) is 37.6 Å². The van der Waals surface area contributed by atoms with Crippen molar-refractivity contribution in [3.05, 3.63) is 98.1 Å². The van der Waals surface area contributed by atoms with Gasteiger partial charge in [0.2, 0.25) is 11.8 Å². The van der Waals surface area contributed by atoms with Crippen molar-refractivity contribution in [2.24, 2.45) is 11.8 Å². The summed E-state index contributed by atoms with van der Waals surface area (Å²) in [5, 5.41) is 11.5. The topological polar surface area (TPSA) is 90.4 Å². The summed E-state index contributed by atoms with van der Waals surface area (Å²) in [6, 6.07) is 22.4. The van der Waals surface area contributed by atoms with Gasteiger partial charge in [-0.15, -0.1) is 13.2 Å². The molecule has 3 aliphatic rings. The third-order valence-electron chi connectivity index (χ3n) is 10.1. The summed E-state index contributed by atoms with van der Waals surface area (Å²) < 4.78 is 6.92. The maximum absolute atomic E-state index is 14.9. The van der Waals surface area contributed by atoms with Gasteiger partial charge in [0.25, 0.3) is 5.91 Å². The zero-order valence-corrected chi connectivity index (χ0v) is 26.5. The van der Waals surface area contributed by atoms with Gasteiger partial charge in [-0.1, -0.05) is 60.7 Å². The number of anilines is 2. The lowest BCUT2D eigenvalue weighted by molar-refractivity contribution is -0.144. The van der Waals surface area contributed by atoms with E-state index in [1.54, 1.807) is 26.9 Å². The second kappa shape index (κ2) is 12.9. The van der Waals surface area contributed by atoms with Gasteiger partial charge in [0.05, 0.1) is 17.4 Å². The number of rotatable bonds is 13. The van der Waals surface area contributed by atoms with Crippen molar-refractivity contribution in [1.29, 1.82) is 0 Å². The third-order valence-corrected chi connectivity index (χ3v) is 10.1. The molecule has 8 nitrogen and oxygen atoms in total. The summed E-state index contributed by atoms with van der Waals surface area (Å²) in [7, 11) is 0. The number of para-hydroxylation sites is 1. The normalized spacial score (nSPS) is 26.3. The number of ether oxygens (including phenoxy) is 1. The predicted octanol–water partition coefficient (Wildman–Crippen LogP) is 5.51. The lowest BCUT2D eigenvalue weighted by Gasteiger charge is -2.37. The molecule has 1 N–H and O–H groups in total. The maximum atomic E-state index is 14.9. The number of carbonyl (C=O) groups excluding carboxylic acids is 3. The van der Waals surface area contributed by atoms with Crippen LogP contribution in [0.1, 0.15) is 39.0 Å². The van der Waals surface area contributed by atoms with Crippen LogP contribution in [0, 0.1) is 11.8 Å². The van der Waals surface area contributed by atoms with E-state index in [0.717, 1.165) is 16.5 Å². The Balaban J connectivity index is 1.42. The number of unbranched alkanes of at least 4 members (excludes halogenated alkanes) is 2. The molecule has 3 aromatic carbocycles. The second-order valence-corrected chi connectivity index (χ2v) is 12.9. The molecule has 0 aromatic heterocycles. The first-order valence-corrected chi connectivity index (χ1v) is 16.3. The Hall–Kier alpha value is -4.27. The Bertz CT molecular complexity index is 1640. The van der Waals surface area contributed by atoms with E-state index in [2.05, 4.69) is 13.2 Å². The van der Waals surface area contributed by atoms with Crippen LogP contribution in [0.25, 0.3) is 10.8 Å². The first-order valence-electron chi connectivity index (χ1n) is 16.3. The van der Waals surface area contributed by atoms with Crippen LogP contribution in [0.4, 0.5) is 11.4 Å². The van der Waals surface area contributed by atoms with E-state index in [9.17, 15) is 19.5 Å². The average Bonchev–Trinajstić information content (AvgIpc) is 3.64. The number of nitrogens with zero attached hydrogens (tertiary/aromatic N) is 3. The number of hydrogen-bond acceptors (Lipinski definition) is 5. The Morgan fingerprint density at radius 1 is 0.891 bits per heavy atom. The molecule has 240 valence electrons. The zero-order valence-electron chi connectivity index (χ0n) is 26.5. The van der Waals surface area contributed by atoms with E-state index in [1.165, 1.54) is 0 Å². The molecule has 3 fully saturated rings. The molecule has 3 heterocycles. The molecule has 5 atom stereocenters. The number of aliphatic hydroxyl groups excluding tert-OH is 1. The van der Waals surface area contributed by atoms with Gasteiger partial charge in [-0.05, 0) is 74.1 Å². The van der Waals surface area contributed by atoms with Gasteiger partial charge in [0.1, 0.15) is 11.6 Å².